The number of fused-ring (bicyclic) bond motifs is 1. The molecule has 1 aliphatic carbocycles. The third-order valence-electron chi connectivity index (χ3n) is 4.01. The predicted molar refractivity (Wildman–Crippen MR) is 75.7 cm³/mol. The average Bonchev–Trinajstić information content (AvgIpc) is 3.04. The maximum absolute atomic E-state index is 12.3. The van der Waals surface area contributed by atoms with Crippen molar-refractivity contribution in [2.24, 2.45) is 7.05 Å². The molecule has 0 unspecified atom stereocenters. The maximum Gasteiger partial charge on any atom is 0.298 e. The second-order valence-electron chi connectivity index (χ2n) is 5.51. The Kier molecular flexibility index (Phi) is 3.44. The molecule has 1 aliphatic rings. The summed E-state index contributed by atoms with van der Waals surface area (Å²) >= 11 is 0. The zero-order valence-electron chi connectivity index (χ0n) is 12.2. The molecule has 2 aromatic rings. The Morgan fingerprint density at radius 3 is 2.76 bits per heavy atom. The van der Waals surface area contributed by atoms with Gasteiger partial charge in [0.05, 0.1) is 5.69 Å². The lowest BCUT2D eigenvalue weighted by atomic mass is 10.2. The Balaban J connectivity index is 1.82. The van der Waals surface area contributed by atoms with E-state index in [0.29, 0.717) is 5.52 Å². The molecule has 0 bridgehead atoms. The van der Waals surface area contributed by atoms with Crippen molar-refractivity contribution in [2.45, 2.75) is 45.2 Å². The Morgan fingerprint density at radius 1 is 1.33 bits per heavy atom. The average molecular weight is 290 g/mol. The summed E-state index contributed by atoms with van der Waals surface area (Å²) in [6, 6.07) is 0.224. The number of aryl methyl sites for hydroxylation is 2. The number of nitrogens with zero attached hydrogens (tertiary/aromatic N) is 5. The molecule has 0 atom stereocenters. The van der Waals surface area contributed by atoms with E-state index in [1.54, 1.807) is 11.7 Å². The molecule has 1 fully saturated rings. The number of amides is 1. The van der Waals surface area contributed by atoms with Gasteiger partial charge in [0.2, 0.25) is 5.91 Å². The van der Waals surface area contributed by atoms with Gasteiger partial charge in [0.25, 0.3) is 5.56 Å². The number of carbonyl (C=O) groups excluding carboxylic acids is 1. The molecule has 1 N–H and O–H groups in total. The van der Waals surface area contributed by atoms with Gasteiger partial charge in [-0.2, -0.15) is 9.78 Å². The highest BCUT2D eigenvalue weighted by Gasteiger charge is 2.19. The fourth-order valence-electron chi connectivity index (χ4n) is 2.71. The van der Waals surface area contributed by atoms with E-state index in [0.717, 1.165) is 36.1 Å². The predicted octanol–water partition coefficient (Wildman–Crippen LogP) is -0.108. The second-order valence-corrected chi connectivity index (χ2v) is 5.51. The van der Waals surface area contributed by atoms with E-state index in [-0.39, 0.29) is 29.6 Å². The fraction of sp³-hybridized carbons (Fsp3) is 0.615. The molecular formula is C13H18N6O2. The molecule has 2 aromatic heterocycles. The molecule has 0 aromatic carbocycles. The normalized spacial score (nSPS) is 15.7. The first kappa shape index (κ1) is 13.7. The molecule has 1 saturated carbocycles. The minimum atomic E-state index is -0.384. The zero-order chi connectivity index (χ0) is 15.0. The molecule has 1 amide bonds. The van der Waals surface area contributed by atoms with Gasteiger partial charge in [0.15, 0.2) is 5.52 Å². The van der Waals surface area contributed by atoms with Crippen LogP contribution in [0.15, 0.2) is 4.79 Å². The van der Waals surface area contributed by atoms with Crippen LogP contribution in [0.3, 0.4) is 0 Å². The molecule has 0 spiro atoms. The lowest BCUT2D eigenvalue weighted by Crippen LogP contribution is -2.38. The minimum Gasteiger partial charge on any atom is -0.352 e. The van der Waals surface area contributed by atoms with E-state index < -0.39 is 0 Å². The van der Waals surface area contributed by atoms with Crippen molar-refractivity contribution < 1.29 is 4.79 Å². The SMILES string of the molecule is Cc1c2nnn(CC(=O)NC3CCCC3)c(=O)c2nn1C. The van der Waals surface area contributed by atoms with Crippen molar-refractivity contribution in [2.75, 3.05) is 0 Å². The zero-order valence-corrected chi connectivity index (χ0v) is 12.2. The summed E-state index contributed by atoms with van der Waals surface area (Å²) in [5.41, 5.74) is 1.12. The molecule has 2 heterocycles. The molecule has 3 rings (SSSR count). The number of hydrogen-bond donors (Lipinski definition) is 1. The highest BCUT2D eigenvalue weighted by molar-refractivity contribution is 5.77. The topological polar surface area (TPSA) is 94.7 Å². The number of rotatable bonds is 3. The van der Waals surface area contributed by atoms with Crippen LogP contribution in [0.25, 0.3) is 11.0 Å². The van der Waals surface area contributed by atoms with E-state index >= 15 is 0 Å². The summed E-state index contributed by atoms with van der Waals surface area (Å²) in [4.78, 5) is 24.2. The van der Waals surface area contributed by atoms with Gasteiger partial charge in [-0.25, -0.2) is 0 Å². The van der Waals surface area contributed by atoms with Crippen LogP contribution in [0.1, 0.15) is 31.4 Å². The third kappa shape index (κ3) is 2.53. The fourth-order valence-corrected chi connectivity index (χ4v) is 2.71. The van der Waals surface area contributed by atoms with Crippen molar-refractivity contribution in [1.29, 1.82) is 0 Å². The lowest BCUT2D eigenvalue weighted by molar-refractivity contribution is -0.122. The lowest BCUT2D eigenvalue weighted by Gasteiger charge is -2.11. The molecule has 0 saturated heterocycles. The highest BCUT2D eigenvalue weighted by Crippen LogP contribution is 2.17. The summed E-state index contributed by atoms with van der Waals surface area (Å²) in [6.07, 6.45) is 4.29. The first-order valence-electron chi connectivity index (χ1n) is 7.12. The minimum absolute atomic E-state index is 0.117. The quantitative estimate of drug-likeness (QED) is 0.851. The Bertz CT molecular complexity index is 741. The van der Waals surface area contributed by atoms with Crippen LogP contribution in [0.2, 0.25) is 0 Å². The summed E-state index contributed by atoms with van der Waals surface area (Å²) in [5, 5.41) is 14.9. The van der Waals surface area contributed by atoms with Gasteiger partial charge in [0.1, 0.15) is 12.1 Å². The van der Waals surface area contributed by atoms with Crippen molar-refractivity contribution >= 4 is 16.9 Å². The number of nitrogens with one attached hydrogen (secondary N) is 1. The van der Waals surface area contributed by atoms with Gasteiger partial charge in [0, 0.05) is 13.1 Å². The van der Waals surface area contributed by atoms with E-state index in [1.807, 2.05) is 6.92 Å². The summed E-state index contributed by atoms with van der Waals surface area (Å²) in [7, 11) is 1.74. The van der Waals surface area contributed by atoms with Crippen LogP contribution in [0, 0.1) is 6.92 Å². The van der Waals surface area contributed by atoms with Crippen LogP contribution in [0.5, 0.6) is 0 Å². The van der Waals surface area contributed by atoms with Gasteiger partial charge >= 0.3 is 0 Å². The molecule has 8 nitrogen and oxygen atoms in total. The van der Waals surface area contributed by atoms with E-state index in [9.17, 15) is 9.59 Å². The molecule has 0 aliphatic heterocycles. The molecule has 0 radical (unpaired) electrons. The Hall–Kier alpha value is -2.25. The van der Waals surface area contributed by atoms with E-state index in [1.165, 1.54) is 0 Å². The first-order chi connectivity index (χ1) is 10.1. The first-order valence-corrected chi connectivity index (χ1v) is 7.12. The van der Waals surface area contributed by atoms with Crippen LogP contribution < -0.4 is 10.9 Å². The van der Waals surface area contributed by atoms with Gasteiger partial charge < -0.3 is 5.32 Å². The smallest absolute Gasteiger partial charge is 0.298 e. The maximum atomic E-state index is 12.3. The molecular weight excluding hydrogens is 272 g/mol. The summed E-state index contributed by atoms with van der Waals surface area (Å²) < 4.78 is 2.66. The summed E-state index contributed by atoms with van der Waals surface area (Å²) in [6.45, 7) is 1.70. The number of hydrogen-bond acceptors (Lipinski definition) is 5. The third-order valence-corrected chi connectivity index (χ3v) is 4.01. The number of aromatic nitrogens is 5. The molecule has 112 valence electrons. The van der Waals surface area contributed by atoms with Crippen molar-refractivity contribution in [3.05, 3.63) is 16.0 Å². The van der Waals surface area contributed by atoms with Gasteiger partial charge in [-0.15, -0.1) is 5.10 Å². The Labute approximate surface area is 121 Å². The molecule has 21 heavy (non-hydrogen) atoms. The highest BCUT2D eigenvalue weighted by atomic mass is 16.2. The van der Waals surface area contributed by atoms with Crippen LogP contribution >= 0.6 is 0 Å². The monoisotopic (exact) mass is 290 g/mol. The molecule has 8 heteroatoms. The van der Waals surface area contributed by atoms with Crippen molar-refractivity contribution in [3.8, 4) is 0 Å². The van der Waals surface area contributed by atoms with Crippen LogP contribution in [-0.2, 0) is 18.4 Å². The van der Waals surface area contributed by atoms with Gasteiger partial charge in [-0.3, -0.25) is 14.3 Å². The van der Waals surface area contributed by atoms with E-state index in [4.69, 9.17) is 0 Å². The second kappa shape index (κ2) is 5.27. The number of carbonyl (C=O) groups is 1. The summed E-state index contributed by atoms with van der Waals surface area (Å²) in [5.74, 6) is -0.203. The van der Waals surface area contributed by atoms with Crippen molar-refractivity contribution in [3.63, 3.8) is 0 Å². The standard InChI is InChI=1S/C13H18N6O2/c1-8-11-12(16-18(8)2)13(21)19(17-15-11)7-10(20)14-9-5-3-4-6-9/h9H,3-7H2,1-2H3,(H,14,20). The van der Waals surface area contributed by atoms with Gasteiger partial charge in [-0.1, -0.05) is 18.1 Å². The van der Waals surface area contributed by atoms with Gasteiger partial charge in [-0.05, 0) is 19.8 Å². The van der Waals surface area contributed by atoms with Crippen LogP contribution in [0.4, 0.5) is 0 Å². The Morgan fingerprint density at radius 2 is 2.05 bits per heavy atom. The van der Waals surface area contributed by atoms with Crippen LogP contribution in [-0.4, -0.2) is 36.7 Å². The largest absolute Gasteiger partial charge is 0.352 e. The van der Waals surface area contributed by atoms with E-state index in [2.05, 4.69) is 20.7 Å². The van der Waals surface area contributed by atoms with Crippen molar-refractivity contribution in [1.82, 2.24) is 30.1 Å².